The monoisotopic (exact) mass is 188 g/mol. The third kappa shape index (κ3) is 8.81. The molecule has 0 bridgehead atoms. The van der Waals surface area contributed by atoms with Crippen molar-refractivity contribution >= 4 is 11.8 Å². The van der Waals surface area contributed by atoms with E-state index in [9.17, 15) is 9.59 Å². The molecule has 0 aromatic heterocycles. The number of carbonyl (C=O) groups is 2. The van der Waals surface area contributed by atoms with Gasteiger partial charge in [-0.3, -0.25) is 9.59 Å². The number of primary amides is 1. The quantitative estimate of drug-likeness (QED) is 0.454. The largest absolute Gasteiger partial charge is 0.396 e. The lowest BCUT2D eigenvalue weighted by atomic mass is 10.2. The fraction of sp³-hybridized carbons (Fsp3) is 0.750. The zero-order chi connectivity index (χ0) is 10.1. The van der Waals surface area contributed by atoms with Crippen LogP contribution in [0.25, 0.3) is 0 Å². The van der Waals surface area contributed by atoms with E-state index in [1.807, 2.05) is 0 Å². The summed E-state index contributed by atoms with van der Waals surface area (Å²) in [6.45, 7) is 0.405. The molecule has 4 N–H and O–H groups in total. The number of amides is 2. The van der Waals surface area contributed by atoms with Gasteiger partial charge < -0.3 is 16.2 Å². The lowest BCUT2D eigenvalue weighted by molar-refractivity contribution is -0.121. The van der Waals surface area contributed by atoms with Crippen molar-refractivity contribution in [3.8, 4) is 0 Å². The number of hydrogen-bond acceptors (Lipinski definition) is 3. The Hall–Kier alpha value is -1.10. The molecule has 0 rings (SSSR count). The van der Waals surface area contributed by atoms with Gasteiger partial charge in [0.15, 0.2) is 0 Å². The summed E-state index contributed by atoms with van der Waals surface area (Å²) in [4.78, 5) is 21.2. The molecule has 76 valence electrons. The molecule has 2 amide bonds. The van der Waals surface area contributed by atoms with Crippen LogP contribution in [-0.4, -0.2) is 30.1 Å². The molecule has 0 aliphatic rings. The van der Waals surface area contributed by atoms with Crippen LogP contribution in [0.15, 0.2) is 0 Å². The third-order valence-electron chi connectivity index (χ3n) is 1.51. The van der Waals surface area contributed by atoms with Crippen molar-refractivity contribution < 1.29 is 14.7 Å². The number of aliphatic hydroxyl groups excluding tert-OH is 1. The normalized spacial score (nSPS) is 9.62. The van der Waals surface area contributed by atoms with Gasteiger partial charge in [0, 0.05) is 26.0 Å². The van der Waals surface area contributed by atoms with E-state index in [-0.39, 0.29) is 18.9 Å². The van der Waals surface area contributed by atoms with Crippen LogP contribution in [0.1, 0.15) is 25.7 Å². The fourth-order valence-corrected chi connectivity index (χ4v) is 0.811. The molecule has 0 aliphatic carbocycles. The van der Waals surface area contributed by atoms with Gasteiger partial charge in [-0.05, 0) is 12.8 Å². The highest BCUT2D eigenvalue weighted by Crippen LogP contribution is 1.93. The van der Waals surface area contributed by atoms with Gasteiger partial charge in [0.1, 0.15) is 0 Å². The van der Waals surface area contributed by atoms with Gasteiger partial charge in [-0.15, -0.1) is 0 Å². The highest BCUT2D eigenvalue weighted by atomic mass is 16.3. The molecule has 5 heteroatoms. The third-order valence-corrected chi connectivity index (χ3v) is 1.51. The van der Waals surface area contributed by atoms with Crippen molar-refractivity contribution in [1.82, 2.24) is 5.32 Å². The molecule has 0 aromatic carbocycles. The standard InChI is InChI=1S/C8H16N2O3/c9-7(12)4-5-10-8(13)3-1-2-6-11/h11H,1-6H2,(H2,9,12)(H,10,13). The Kier molecular flexibility index (Phi) is 6.91. The van der Waals surface area contributed by atoms with Crippen molar-refractivity contribution in [2.75, 3.05) is 13.2 Å². The van der Waals surface area contributed by atoms with E-state index in [4.69, 9.17) is 10.8 Å². The molecule has 0 radical (unpaired) electrons. The van der Waals surface area contributed by atoms with Gasteiger partial charge in [-0.2, -0.15) is 0 Å². The molecule has 0 heterocycles. The highest BCUT2D eigenvalue weighted by Gasteiger charge is 2.00. The molecule has 0 spiro atoms. The summed E-state index contributed by atoms with van der Waals surface area (Å²) in [6.07, 6.45) is 1.85. The van der Waals surface area contributed by atoms with Crippen molar-refractivity contribution in [3.63, 3.8) is 0 Å². The number of rotatable bonds is 7. The van der Waals surface area contributed by atoms with Crippen LogP contribution in [0.2, 0.25) is 0 Å². The minimum absolute atomic E-state index is 0.102. The van der Waals surface area contributed by atoms with E-state index >= 15 is 0 Å². The van der Waals surface area contributed by atoms with Crippen LogP contribution in [0.4, 0.5) is 0 Å². The molecule has 0 aromatic rings. The van der Waals surface area contributed by atoms with E-state index in [0.717, 1.165) is 0 Å². The zero-order valence-corrected chi connectivity index (χ0v) is 7.58. The van der Waals surface area contributed by atoms with Gasteiger partial charge in [0.05, 0.1) is 0 Å². The average Bonchev–Trinajstić information content (AvgIpc) is 2.04. The van der Waals surface area contributed by atoms with Crippen molar-refractivity contribution in [1.29, 1.82) is 0 Å². The highest BCUT2D eigenvalue weighted by molar-refractivity contribution is 5.77. The summed E-state index contributed by atoms with van der Waals surface area (Å²) < 4.78 is 0. The van der Waals surface area contributed by atoms with Crippen LogP contribution in [0.5, 0.6) is 0 Å². The molecule has 0 unspecified atom stereocenters. The Labute approximate surface area is 77.3 Å². The molecule has 13 heavy (non-hydrogen) atoms. The molecule has 0 atom stereocenters. The second-order valence-electron chi connectivity index (χ2n) is 2.75. The first kappa shape index (κ1) is 11.9. The van der Waals surface area contributed by atoms with E-state index < -0.39 is 5.91 Å². The zero-order valence-electron chi connectivity index (χ0n) is 7.58. The first-order valence-electron chi connectivity index (χ1n) is 4.32. The minimum atomic E-state index is -0.421. The van der Waals surface area contributed by atoms with E-state index in [2.05, 4.69) is 5.32 Å². The second kappa shape index (κ2) is 7.54. The van der Waals surface area contributed by atoms with Crippen LogP contribution >= 0.6 is 0 Å². The average molecular weight is 188 g/mol. The van der Waals surface area contributed by atoms with Gasteiger partial charge in [-0.1, -0.05) is 0 Å². The predicted molar refractivity (Wildman–Crippen MR) is 47.8 cm³/mol. The molecule has 0 aliphatic heterocycles. The number of aliphatic hydroxyl groups is 1. The number of nitrogens with one attached hydrogen (secondary N) is 1. The van der Waals surface area contributed by atoms with Crippen molar-refractivity contribution in [3.05, 3.63) is 0 Å². The number of unbranched alkanes of at least 4 members (excludes halogenated alkanes) is 1. The molecule has 5 nitrogen and oxygen atoms in total. The Morgan fingerprint density at radius 3 is 2.46 bits per heavy atom. The van der Waals surface area contributed by atoms with E-state index in [1.54, 1.807) is 0 Å². The molecular weight excluding hydrogens is 172 g/mol. The van der Waals surface area contributed by atoms with Gasteiger partial charge in [0.2, 0.25) is 11.8 Å². The van der Waals surface area contributed by atoms with Gasteiger partial charge in [-0.25, -0.2) is 0 Å². The number of carbonyl (C=O) groups excluding carboxylic acids is 2. The topological polar surface area (TPSA) is 92.4 Å². The summed E-state index contributed by atoms with van der Waals surface area (Å²) in [7, 11) is 0. The first-order valence-corrected chi connectivity index (χ1v) is 4.32. The smallest absolute Gasteiger partial charge is 0.220 e. The minimum Gasteiger partial charge on any atom is -0.396 e. The van der Waals surface area contributed by atoms with Crippen LogP contribution < -0.4 is 11.1 Å². The Morgan fingerprint density at radius 1 is 1.23 bits per heavy atom. The Morgan fingerprint density at radius 2 is 1.92 bits per heavy atom. The maximum absolute atomic E-state index is 11.0. The molecular formula is C8H16N2O3. The van der Waals surface area contributed by atoms with E-state index in [0.29, 0.717) is 25.8 Å². The summed E-state index contributed by atoms with van der Waals surface area (Å²) >= 11 is 0. The number of nitrogens with two attached hydrogens (primary N) is 1. The Balaban J connectivity index is 3.25. The first-order chi connectivity index (χ1) is 6.16. The molecule has 0 saturated carbocycles. The second-order valence-corrected chi connectivity index (χ2v) is 2.75. The van der Waals surface area contributed by atoms with Crippen LogP contribution in [0, 0.1) is 0 Å². The van der Waals surface area contributed by atoms with Gasteiger partial charge in [0.25, 0.3) is 0 Å². The lowest BCUT2D eigenvalue weighted by Crippen LogP contribution is -2.27. The van der Waals surface area contributed by atoms with Crippen molar-refractivity contribution in [2.24, 2.45) is 5.73 Å². The number of hydrogen-bond donors (Lipinski definition) is 3. The summed E-state index contributed by atoms with van der Waals surface area (Å²) in [5, 5.41) is 11.0. The fourth-order valence-electron chi connectivity index (χ4n) is 0.811. The lowest BCUT2D eigenvalue weighted by Gasteiger charge is -2.02. The predicted octanol–water partition coefficient (Wildman–Crippen LogP) is -0.859. The maximum Gasteiger partial charge on any atom is 0.220 e. The SMILES string of the molecule is NC(=O)CCNC(=O)CCCCO. The summed E-state index contributed by atoms with van der Waals surface area (Å²) in [5.41, 5.74) is 4.88. The molecule has 0 saturated heterocycles. The summed E-state index contributed by atoms with van der Waals surface area (Å²) in [5.74, 6) is -0.523. The van der Waals surface area contributed by atoms with E-state index in [1.165, 1.54) is 0 Å². The van der Waals surface area contributed by atoms with Crippen LogP contribution in [-0.2, 0) is 9.59 Å². The summed E-state index contributed by atoms with van der Waals surface area (Å²) in [6, 6.07) is 0. The molecule has 0 fully saturated rings. The Bertz CT molecular complexity index is 171. The maximum atomic E-state index is 11.0. The van der Waals surface area contributed by atoms with Crippen molar-refractivity contribution in [2.45, 2.75) is 25.7 Å². The van der Waals surface area contributed by atoms with Crippen LogP contribution in [0.3, 0.4) is 0 Å². The van der Waals surface area contributed by atoms with Gasteiger partial charge >= 0.3 is 0 Å².